The van der Waals surface area contributed by atoms with Crippen molar-refractivity contribution in [3.8, 4) is 5.75 Å². The molecule has 0 N–H and O–H groups in total. The molecule has 0 spiro atoms. The van der Waals surface area contributed by atoms with Gasteiger partial charge in [-0.05, 0) is 43.9 Å². The summed E-state index contributed by atoms with van der Waals surface area (Å²) in [6.45, 7) is 5.68. The van der Waals surface area contributed by atoms with E-state index in [1.54, 1.807) is 7.11 Å². The van der Waals surface area contributed by atoms with Gasteiger partial charge in [0.25, 0.3) is 0 Å². The predicted molar refractivity (Wildman–Crippen MR) is 75.3 cm³/mol. The summed E-state index contributed by atoms with van der Waals surface area (Å²) in [5.74, 6) is 0.858. The van der Waals surface area contributed by atoms with Crippen molar-refractivity contribution in [1.29, 1.82) is 0 Å². The number of unbranched alkanes of at least 4 members (excludes halogenated alkanes) is 3. The summed E-state index contributed by atoms with van der Waals surface area (Å²) < 4.78 is 5.26. The van der Waals surface area contributed by atoms with Gasteiger partial charge in [-0.25, -0.2) is 0 Å². The molecular weight excluding hydrogens is 224 g/mol. The summed E-state index contributed by atoms with van der Waals surface area (Å²) in [7, 11) is 1.61. The molecule has 1 aromatic carbocycles. The molecule has 0 bridgehead atoms. The molecule has 98 valence electrons. The molecule has 0 aromatic heterocycles. The molecule has 1 aromatic rings. The fourth-order valence-electron chi connectivity index (χ4n) is 1.91. The second-order valence-corrected chi connectivity index (χ2v) is 4.51. The number of ketones is 1. The van der Waals surface area contributed by atoms with Crippen molar-refractivity contribution in [3.63, 3.8) is 0 Å². The number of ether oxygens (including phenoxy) is 1. The van der Waals surface area contributed by atoms with E-state index in [-0.39, 0.29) is 5.78 Å². The SMILES string of the molecule is C=CCCCCCC(=O)c1ccc(C)cc1OC. The van der Waals surface area contributed by atoms with Gasteiger partial charge in [0.2, 0.25) is 0 Å². The van der Waals surface area contributed by atoms with Gasteiger partial charge in [-0.1, -0.05) is 18.6 Å². The van der Waals surface area contributed by atoms with Crippen molar-refractivity contribution in [2.24, 2.45) is 0 Å². The molecule has 0 radical (unpaired) electrons. The van der Waals surface area contributed by atoms with Crippen LogP contribution in [0.15, 0.2) is 30.9 Å². The number of hydrogen-bond donors (Lipinski definition) is 0. The molecule has 0 aliphatic heterocycles. The Morgan fingerprint density at radius 2 is 2.11 bits per heavy atom. The van der Waals surface area contributed by atoms with Gasteiger partial charge in [0.1, 0.15) is 5.75 Å². The highest BCUT2D eigenvalue weighted by molar-refractivity contribution is 5.98. The fourth-order valence-corrected chi connectivity index (χ4v) is 1.91. The van der Waals surface area contributed by atoms with E-state index >= 15 is 0 Å². The second kappa shape index (κ2) is 7.70. The molecular formula is C16H22O2. The van der Waals surface area contributed by atoms with E-state index in [9.17, 15) is 4.79 Å². The van der Waals surface area contributed by atoms with Crippen LogP contribution in [0.1, 0.15) is 48.0 Å². The number of rotatable bonds is 8. The van der Waals surface area contributed by atoms with Crippen LogP contribution >= 0.6 is 0 Å². The lowest BCUT2D eigenvalue weighted by molar-refractivity contribution is 0.0976. The maximum absolute atomic E-state index is 12.1. The molecule has 2 heteroatoms. The van der Waals surface area contributed by atoms with Gasteiger partial charge in [0, 0.05) is 6.42 Å². The average molecular weight is 246 g/mol. The van der Waals surface area contributed by atoms with Crippen LogP contribution in [-0.4, -0.2) is 12.9 Å². The van der Waals surface area contributed by atoms with Gasteiger partial charge in [-0.3, -0.25) is 4.79 Å². The minimum atomic E-state index is 0.172. The highest BCUT2D eigenvalue weighted by Crippen LogP contribution is 2.22. The van der Waals surface area contributed by atoms with Crippen molar-refractivity contribution in [2.75, 3.05) is 7.11 Å². The van der Waals surface area contributed by atoms with Crippen molar-refractivity contribution in [1.82, 2.24) is 0 Å². The smallest absolute Gasteiger partial charge is 0.166 e. The zero-order valence-corrected chi connectivity index (χ0v) is 11.4. The van der Waals surface area contributed by atoms with Gasteiger partial charge >= 0.3 is 0 Å². The summed E-state index contributed by atoms with van der Waals surface area (Å²) >= 11 is 0. The Morgan fingerprint density at radius 3 is 2.78 bits per heavy atom. The van der Waals surface area contributed by atoms with Crippen molar-refractivity contribution in [2.45, 2.75) is 39.0 Å². The Labute approximate surface area is 110 Å². The van der Waals surface area contributed by atoms with Crippen LogP contribution in [0.5, 0.6) is 5.75 Å². The number of aryl methyl sites for hydroxylation is 1. The van der Waals surface area contributed by atoms with Gasteiger partial charge in [-0.15, -0.1) is 6.58 Å². The van der Waals surface area contributed by atoms with Crippen LogP contribution in [0.4, 0.5) is 0 Å². The van der Waals surface area contributed by atoms with Crippen LogP contribution in [-0.2, 0) is 0 Å². The quantitative estimate of drug-likeness (QED) is 0.388. The molecule has 0 fully saturated rings. The third kappa shape index (κ3) is 4.36. The topological polar surface area (TPSA) is 26.3 Å². The first-order chi connectivity index (χ1) is 8.69. The first-order valence-electron chi connectivity index (χ1n) is 6.47. The monoisotopic (exact) mass is 246 g/mol. The van der Waals surface area contributed by atoms with E-state index in [0.29, 0.717) is 17.7 Å². The van der Waals surface area contributed by atoms with Crippen LogP contribution < -0.4 is 4.74 Å². The second-order valence-electron chi connectivity index (χ2n) is 4.51. The van der Waals surface area contributed by atoms with Gasteiger partial charge in [0.15, 0.2) is 5.78 Å². The largest absolute Gasteiger partial charge is 0.496 e. The summed E-state index contributed by atoms with van der Waals surface area (Å²) in [6.07, 6.45) is 6.67. The van der Waals surface area contributed by atoms with Crippen molar-refractivity contribution < 1.29 is 9.53 Å². The third-order valence-corrected chi connectivity index (χ3v) is 2.97. The van der Waals surface area contributed by atoms with E-state index in [0.717, 1.165) is 31.2 Å². The molecule has 2 nitrogen and oxygen atoms in total. The first kappa shape index (κ1) is 14.5. The molecule has 0 unspecified atom stereocenters. The highest BCUT2D eigenvalue weighted by Gasteiger charge is 2.11. The molecule has 1 rings (SSSR count). The van der Waals surface area contributed by atoms with E-state index < -0.39 is 0 Å². The summed E-state index contributed by atoms with van der Waals surface area (Å²) in [4.78, 5) is 12.1. The molecule has 0 saturated heterocycles. The van der Waals surface area contributed by atoms with Crippen LogP contribution in [0.3, 0.4) is 0 Å². The Balaban J connectivity index is 2.53. The van der Waals surface area contributed by atoms with Gasteiger partial charge in [0.05, 0.1) is 12.7 Å². The summed E-state index contributed by atoms with van der Waals surface area (Å²) in [5, 5.41) is 0. The number of carbonyl (C=O) groups is 1. The van der Waals surface area contributed by atoms with Gasteiger partial charge < -0.3 is 4.74 Å². The van der Waals surface area contributed by atoms with Crippen molar-refractivity contribution >= 4 is 5.78 Å². The summed E-state index contributed by atoms with van der Waals surface area (Å²) in [6, 6.07) is 5.72. The molecule has 0 heterocycles. The van der Waals surface area contributed by atoms with Gasteiger partial charge in [-0.2, -0.15) is 0 Å². The van der Waals surface area contributed by atoms with Crippen molar-refractivity contribution in [3.05, 3.63) is 42.0 Å². The minimum Gasteiger partial charge on any atom is -0.496 e. The predicted octanol–water partition coefficient (Wildman–Crippen LogP) is 4.32. The lowest BCUT2D eigenvalue weighted by Crippen LogP contribution is -2.02. The maximum atomic E-state index is 12.1. The zero-order chi connectivity index (χ0) is 13.4. The molecule has 0 atom stereocenters. The minimum absolute atomic E-state index is 0.172. The van der Waals surface area contributed by atoms with Crippen LogP contribution in [0.2, 0.25) is 0 Å². The molecule has 0 saturated carbocycles. The Kier molecular flexibility index (Phi) is 6.20. The number of hydrogen-bond acceptors (Lipinski definition) is 2. The van der Waals surface area contributed by atoms with Crippen LogP contribution in [0.25, 0.3) is 0 Å². The standard InChI is InChI=1S/C16H22O2/c1-4-5-6-7-8-9-15(17)14-11-10-13(2)12-16(14)18-3/h4,10-12H,1,5-9H2,2-3H3. The fraction of sp³-hybridized carbons (Fsp3) is 0.438. The average Bonchev–Trinajstić information content (AvgIpc) is 2.38. The molecule has 0 amide bonds. The Bertz CT molecular complexity index is 408. The Morgan fingerprint density at radius 1 is 1.33 bits per heavy atom. The van der Waals surface area contributed by atoms with E-state index in [1.807, 2.05) is 31.2 Å². The molecule has 18 heavy (non-hydrogen) atoms. The third-order valence-electron chi connectivity index (χ3n) is 2.97. The number of methoxy groups -OCH3 is 1. The summed E-state index contributed by atoms with van der Waals surface area (Å²) in [5.41, 5.74) is 1.81. The lowest BCUT2D eigenvalue weighted by atomic mass is 10.0. The van der Waals surface area contributed by atoms with E-state index in [4.69, 9.17) is 4.74 Å². The Hall–Kier alpha value is -1.57. The number of carbonyl (C=O) groups excluding carboxylic acids is 1. The number of benzene rings is 1. The zero-order valence-electron chi connectivity index (χ0n) is 11.4. The highest BCUT2D eigenvalue weighted by atomic mass is 16.5. The first-order valence-corrected chi connectivity index (χ1v) is 6.47. The number of allylic oxidation sites excluding steroid dienone is 1. The lowest BCUT2D eigenvalue weighted by Gasteiger charge is -2.08. The molecule has 0 aliphatic carbocycles. The van der Waals surface area contributed by atoms with E-state index in [2.05, 4.69) is 6.58 Å². The molecule has 0 aliphatic rings. The maximum Gasteiger partial charge on any atom is 0.166 e. The van der Waals surface area contributed by atoms with Crippen LogP contribution in [0, 0.1) is 6.92 Å². The van der Waals surface area contributed by atoms with E-state index in [1.165, 1.54) is 0 Å². The normalized spacial score (nSPS) is 10.1. The number of Topliss-reactive ketones (excluding diaryl/α,β-unsaturated/α-hetero) is 1.